The number of aliphatic hydroxyl groups excluding tert-OH is 1. The number of aromatic nitrogens is 1. The third kappa shape index (κ3) is 3.77. The molecule has 1 aromatic carbocycles. The van der Waals surface area contributed by atoms with Crippen molar-refractivity contribution in [3.63, 3.8) is 0 Å². The van der Waals surface area contributed by atoms with Crippen molar-refractivity contribution in [3.8, 4) is 0 Å². The van der Waals surface area contributed by atoms with E-state index in [1.807, 2.05) is 18.0 Å². The van der Waals surface area contributed by atoms with E-state index in [1.54, 1.807) is 0 Å². The second-order valence-electron chi connectivity index (χ2n) is 4.22. The van der Waals surface area contributed by atoms with E-state index < -0.39 is 0 Å². The Bertz CT molecular complexity index is 470. The lowest BCUT2D eigenvalue weighted by molar-refractivity contribution is 0.296. The number of hydrogen-bond donors (Lipinski definition) is 3. The molecule has 1 aromatic heterocycles. The summed E-state index contributed by atoms with van der Waals surface area (Å²) in [5.74, 6) is 2.15. The Labute approximate surface area is 112 Å². The van der Waals surface area contributed by atoms with Gasteiger partial charge in [0, 0.05) is 42.5 Å². The molecule has 98 valence electrons. The fourth-order valence-corrected chi connectivity index (χ4v) is 2.77. The van der Waals surface area contributed by atoms with E-state index in [1.165, 1.54) is 16.5 Å². The van der Waals surface area contributed by atoms with Gasteiger partial charge >= 0.3 is 0 Å². The Morgan fingerprint density at radius 2 is 2.17 bits per heavy atom. The van der Waals surface area contributed by atoms with E-state index in [2.05, 4.69) is 34.6 Å². The number of aliphatic hydroxyl groups is 1. The van der Waals surface area contributed by atoms with Gasteiger partial charge in [-0.15, -0.1) is 0 Å². The summed E-state index contributed by atoms with van der Waals surface area (Å²) in [7, 11) is 0. The predicted molar refractivity (Wildman–Crippen MR) is 79.0 cm³/mol. The highest BCUT2D eigenvalue weighted by Gasteiger charge is 2.00. The minimum Gasteiger partial charge on any atom is -0.396 e. The first kappa shape index (κ1) is 13.5. The quantitative estimate of drug-likeness (QED) is 0.642. The molecule has 0 radical (unpaired) electrons. The van der Waals surface area contributed by atoms with Crippen LogP contribution in [-0.2, 0) is 6.54 Å². The Balaban J connectivity index is 1.72. The van der Waals surface area contributed by atoms with Crippen LogP contribution >= 0.6 is 11.8 Å². The largest absolute Gasteiger partial charge is 0.396 e. The van der Waals surface area contributed by atoms with Crippen LogP contribution in [0.2, 0.25) is 0 Å². The molecule has 0 bridgehead atoms. The van der Waals surface area contributed by atoms with Crippen LogP contribution in [0.1, 0.15) is 12.0 Å². The first-order valence-electron chi connectivity index (χ1n) is 6.36. The molecular formula is C14H20N2OS. The van der Waals surface area contributed by atoms with Crippen molar-refractivity contribution in [2.45, 2.75) is 13.0 Å². The van der Waals surface area contributed by atoms with Crippen LogP contribution in [0.15, 0.2) is 30.5 Å². The van der Waals surface area contributed by atoms with Gasteiger partial charge in [0.15, 0.2) is 0 Å². The molecule has 0 saturated heterocycles. The fraction of sp³-hybridized carbons (Fsp3) is 0.429. The van der Waals surface area contributed by atoms with Gasteiger partial charge in [-0.05, 0) is 29.9 Å². The normalized spacial score (nSPS) is 11.2. The Morgan fingerprint density at radius 1 is 1.22 bits per heavy atom. The van der Waals surface area contributed by atoms with Gasteiger partial charge in [0.1, 0.15) is 0 Å². The molecule has 2 aromatic rings. The smallest absolute Gasteiger partial charge is 0.0457 e. The SMILES string of the molecule is OCCCSCCNCc1cccc2[nH]ccc12. The second kappa shape index (κ2) is 7.46. The van der Waals surface area contributed by atoms with Gasteiger partial charge in [0.2, 0.25) is 0 Å². The summed E-state index contributed by atoms with van der Waals surface area (Å²) in [5.41, 5.74) is 2.54. The molecule has 3 nitrogen and oxygen atoms in total. The lowest BCUT2D eigenvalue weighted by Crippen LogP contribution is -2.16. The van der Waals surface area contributed by atoms with Crippen molar-refractivity contribution in [3.05, 3.63) is 36.0 Å². The average Bonchev–Trinajstić information content (AvgIpc) is 2.86. The van der Waals surface area contributed by atoms with E-state index >= 15 is 0 Å². The van der Waals surface area contributed by atoms with Gasteiger partial charge in [-0.3, -0.25) is 0 Å². The maximum atomic E-state index is 8.67. The number of fused-ring (bicyclic) bond motifs is 1. The summed E-state index contributed by atoms with van der Waals surface area (Å²) in [6, 6.07) is 8.49. The van der Waals surface area contributed by atoms with Crippen molar-refractivity contribution >= 4 is 22.7 Å². The van der Waals surface area contributed by atoms with Crippen LogP contribution in [0, 0.1) is 0 Å². The molecular weight excluding hydrogens is 244 g/mol. The lowest BCUT2D eigenvalue weighted by atomic mass is 10.1. The molecule has 0 aliphatic rings. The molecule has 2 rings (SSSR count). The predicted octanol–water partition coefficient (Wildman–Crippen LogP) is 2.37. The molecule has 0 aliphatic heterocycles. The van der Waals surface area contributed by atoms with Gasteiger partial charge in [-0.2, -0.15) is 11.8 Å². The molecule has 4 heteroatoms. The molecule has 1 heterocycles. The maximum absolute atomic E-state index is 8.67. The lowest BCUT2D eigenvalue weighted by Gasteiger charge is -2.06. The number of hydrogen-bond acceptors (Lipinski definition) is 3. The third-order valence-corrected chi connectivity index (χ3v) is 3.94. The molecule has 0 unspecified atom stereocenters. The van der Waals surface area contributed by atoms with Gasteiger partial charge < -0.3 is 15.4 Å². The highest BCUT2D eigenvalue weighted by atomic mass is 32.2. The van der Waals surface area contributed by atoms with E-state index in [0.29, 0.717) is 6.61 Å². The zero-order valence-corrected chi connectivity index (χ0v) is 11.3. The minimum absolute atomic E-state index is 0.302. The first-order chi connectivity index (χ1) is 8.92. The zero-order chi connectivity index (χ0) is 12.6. The van der Waals surface area contributed by atoms with Gasteiger partial charge in [-0.1, -0.05) is 12.1 Å². The van der Waals surface area contributed by atoms with Crippen molar-refractivity contribution in [2.75, 3.05) is 24.7 Å². The number of nitrogens with one attached hydrogen (secondary N) is 2. The molecule has 0 amide bonds. The first-order valence-corrected chi connectivity index (χ1v) is 7.51. The molecule has 0 saturated carbocycles. The summed E-state index contributed by atoms with van der Waals surface area (Å²) in [4.78, 5) is 3.23. The number of aromatic amines is 1. The molecule has 0 atom stereocenters. The Hall–Kier alpha value is -0.970. The summed E-state index contributed by atoms with van der Waals surface area (Å²) in [5, 5.41) is 13.4. The number of H-pyrrole nitrogens is 1. The maximum Gasteiger partial charge on any atom is 0.0457 e. The zero-order valence-electron chi connectivity index (χ0n) is 10.5. The van der Waals surface area contributed by atoms with E-state index in [4.69, 9.17) is 5.11 Å². The van der Waals surface area contributed by atoms with Crippen molar-refractivity contribution in [2.24, 2.45) is 0 Å². The van der Waals surface area contributed by atoms with Crippen LogP contribution in [-0.4, -0.2) is 34.7 Å². The van der Waals surface area contributed by atoms with Crippen LogP contribution in [0.4, 0.5) is 0 Å². The molecule has 3 N–H and O–H groups in total. The van der Waals surface area contributed by atoms with Crippen molar-refractivity contribution in [1.29, 1.82) is 0 Å². The summed E-state index contributed by atoms with van der Waals surface area (Å²) in [6.07, 6.45) is 2.88. The highest BCUT2D eigenvalue weighted by Crippen LogP contribution is 2.16. The fourth-order valence-electron chi connectivity index (χ4n) is 1.94. The summed E-state index contributed by atoms with van der Waals surface area (Å²) < 4.78 is 0. The highest BCUT2D eigenvalue weighted by molar-refractivity contribution is 7.99. The standard InChI is InChI=1S/C14H20N2OS/c17-8-2-9-18-10-7-15-11-12-3-1-4-14-13(12)5-6-16-14/h1,3-6,15-17H,2,7-11H2. The van der Waals surface area contributed by atoms with E-state index in [9.17, 15) is 0 Å². The van der Waals surface area contributed by atoms with Crippen LogP contribution in [0.25, 0.3) is 10.9 Å². The van der Waals surface area contributed by atoms with Crippen molar-refractivity contribution < 1.29 is 5.11 Å². The van der Waals surface area contributed by atoms with Crippen LogP contribution < -0.4 is 5.32 Å². The number of benzene rings is 1. The van der Waals surface area contributed by atoms with E-state index in [0.717, 1.165) is 31.0 Å². The van der Waals surface area contributed by atoms with E-state index in [-0.39, 0.29) is 0 Å². The third-order valence-electron chi connectivity index (χ3n) is 2.87. The van der Waals surface area contributed by atoms with Gasteiger partial charge in [0.25, 0.3) is 0 Å². The van der Waals surface area contributed by atoms with Crippen LogP contribution in [0.3, 0.4) is 0 Å². The topological polar surface area (TPSA) is 48.0 Å². The Kier molecular flexibility index (Phi) is 5.58. The number of rotatable bonds is 8. The van der Waals surface area contributed by atoms with Crippen LogP contribution in [0.5, 0.6) is 0 Å². The molecule has 0 spiro atoms. The molecule has 18 heavy (non-hydrogen) atoms. The molecule has 0 fully saturated rings. The summed E-state index contributed by atoms with van der Waals surface area (Å²) in [6.45, 7) is 2.22. The monoisotopic (exact) mass is 264 g/mol. The van der Waals surface area contributed by atoms with Crippen molar-refractivity contribution in [1.82, 2.24) is 10.3 Å². The van der Waals surface area contributed by atoms with Gasteiger partial charge in [-0.25, -0.2) is 0 Å². The average molecular weight is 264 g/mol. The number of thioether (sulfide) groups is 1. The second-order valence-corrected chi connectivity index (χ2v) is 5.45. The van der Waals surface area contributed by atoms with Gasteiger partial charge in [0.05, 0.1) is 0 Å². The minimum atomic E-state index is 0.302. The Morgan fingerprint density at radius 3 is 3.06 bits per heavy atom. The summed E-state index contributed by atoms with van der Waals surface area (Å²) >= 11 is 1.89. The molecule has 0 aliphatic carbocycles.